The van der Waals surface area contributed by atoms with E-state index in [0.29, 0.717) is 12.1 Å². The normalized spacial score (nSPS) is 11.2. The van der Waals surface area contributed by atoms with Crippen LogP contribution in [0, 0.1) is 23.3 Å². The quantitative estimate of drug-likeness (QED) is 0.387. The van der Waals surface area contributed by atoms with Gasteiger partial charge in [-0.2, -0.15) is 10.2 Å². The van der Waals surface area contributed by atoms with Gasteiger partial charge in [-0.25, -0.2) is 28.4 Å². The summed E-state index contributed by atoms with van der Waals surface area (Å²) < 4.78 is 52.3. The fourth-order valence-electron chi connectivity index (χ4n) is 1.86. The molecular formula is C18H14F4N4O2S. The maximum atomic E-state index is 13.4. The molecule has 0 radical (unpaired) electrons. The van der Waals surface area contributed by atoms with Crippen molar-refractivity contribution in [3.8, 4) is 0 Å². The predicted molar refractivity (Wildman–Crippen MR) is 102 cm³/mol. The van der Waals surface area contributed by atoms with Crippen LogP contribution in [0.1, 0.15) is 11.1 Å². The minimum absolute atomic E-state index is 0.00539. The minimum atomic E-state index is -0.824. The molecule has 2 amide bonds. The summed E-state index contributed by atoms with van der Waals surface area (Å²) in [7, 11) is 0. The van der Waals surface area contributed by atoms with E-state index >= 15 is 0 Å². The maximum Gasteiger partial charge on any atom is 0.250 e. The van der Waals surface area contributed by atoms with E-state index < -0.39 is 35.1 Å². The molecule has 2 aromatic rings. The number of hydrazone groups is 2. The molecule has 0 unspecified atom stereocenters. The summed E-state index contributed by atoms with van der Waals surface area (Å²) in [4.78, 5) is 23.2. The highest BCUT2D eigenvalue weighted by atomic mass is 32.2. The van der Waals surface area contributed by atoms with Crippen molar-refractivity contribution in [2.75, 3.05) is 11.5 Å². The van der Waals surface area contributed by atoms with E-state index in [1.807, 2.05) is 0 Å². The third-order valence-corrected chi connectivity index (χ3v) is 4.11. The van der Waals surface area contributed by atoms with Gasteiger partial charge in [-0.3, -0.25) is 9.59 Å². The largest absolute Gasteiger partial charge is 0.272 e. The van der Waals surface area contributed by atoms with Gasteiger partial charge in [0.15, 0.2) is 0 Å². The van der Waals surface area contributed by atoms with E-state index in [1.165, 1.54) is 0 Å². The number of hydrogen-bond donors (Lipinski definition) is 2. The third kappa shape index (κ3) is 7.74. The molecule has 6 nitrogen and oxygen atoms in total. The standard InChI is InChI=1S/C18H14F4N4O2S/c19-13-3-1-11(15(21)5-13)7-23-25-17(27)9-29-10-18(28)26-24-8-12-2-4-14(20)6-16(12)22/h1-8H,9-10H2,(H,25,27)(H,26,28)/b23-7-,24-8-. The lowest BCUT2D eigenvalue weighted by Gasteiger charge is -2.01. The molecule has 0 saturated carbocycles. The molecule has 2 rings (SSSR count). The van der Waals surface area contributed by atoms with E-state index in [1.54, 1.807) is 0 Å². The molecule has 0 bridgehead atoms. The van der Waals surface area contributed by atoms with Gasteiger partial charge in [0.25, 0.3) is 0 Å². The number of carbonyl (C=O) groups is 2. The van der Waals surface area contributed by atoms with E-state index in [0.717, 1.165) is 48.5 Å². The summed E-state index contributed by atoms with van der Waals surface area (Å²) in [6.45, 7) is 0. The molecule has 29 heavy (non-hydrogen) atoms. The average Bonchev–Trinajstić information content (AvgIpc) is 2.65. The van der Waals surface area contributed by atoms with Crippen LogP contribution in [0.25, 0.3) is 0 Å². The molecule has 0 aromatic heterocycles. The summed E-state index contributed by atoms with van der Waals surface area (Å²) in [6, 6.07) is 5.80. The third-order valence-electron chi connectivity index (χ3n) is 3.18. The second kappa shape index (κ2) is 11.0. The zero-order valence-electron chi connectivity index (χ0n) is 14.7. The van der Waals surface area contributed by atoms with Crippen molar-refractivity contribution in [1.82, 2.24) is 10.9 Å². The number of nitrogens with one attached hydrogen (secondary N) is 2. The highest BCUT2D eigenvalue weighted by Gasteiger charge is 2.06. The summed E-state index contributed by atoms with van der Waals surface area (Å²) in [5.41, 5.74) is 4.26. The maximum absolute atomic E-state index is 13.4. The number of halogens is 4. The first-order chi connectivity index (χ1) is 13.8. The smallest absolute Gasteiger partial charge is 0.250 e. The van der Waals surface area contributed by atoms with Crippen molar-refractivity contribution in [3.05, 3.63) is 70.8 Å². The first-order valence-electron chi connectivity index (χ1n) is 7.97. The van der Waals surface area contributed by atoms with Crippen molar-refractivity contribution < 1.29 is 27.2 Å². The number of carbonyl (C=O) groups excluding carboxylic acids is 2. The molecule has 152 valence electrons. The topological polar surface area (TPSA) is 82.9 Å². The molecule has 0 aliphatic heterocycles. The van der Waals surface area contributed by atoms with Crippen LogP contribution in [0.15, 0.2) is 46.6 Å². The Morgan fingerprint density at radius 1 is 0.793 bits per heavy atom. The molecule has 0 aliphatic rings. The van der Waals surface area contributed by atoms with Crippen LogP contribution in [0.3, 0.4) is 0 Å². The fraction of sp³-hybridized carbons (Fsp3) is 0.111. The van der Waals surface area contributed by atoms with Gasteiger partial charge in [0.2, 0.25) is 11.8 Å². The summed E-state index contributed by atoms with van der Waals surface area (Å²) >= 11 is 0.953. The molecule has 0 atom stereocenters. The fourth-order valence-corrected chi connectivity index (χ4v) is 2.46. The van der Waals surface area contributed by atoms with Crippen LogP contribution in [-0.4, -0.2) is 35.7 Å². The highest BCUT2D eigenvalue weighted by Crippen LogP contribution is 2.08. The van der Waals surface area contributed by atoms with E-state index in [2.05, 4.69) is 21.1 Å². The lowest BCUT2D eigenvalue weighted by Crippen LogP contribution is -2.23. The minimum Gasteiger partial charge on any atom is -0.272 e. The van der Waals surface area contributed by atoms with Gasteiger partial charge < -0.3 is 0 Å². The molecule has 0 heterocycles. The van der Waals surface area contributed by atoms with Crippen LogP contribution in [0.4, 0.5) is 17.6 Å². The Kier molecular flexibility index (Phi) is 8.34. The number of hydrogen-bond acceptors (Lipinski definition) is 5. The van der Waals surface area contributed by atoms with Gasteiger partial charge in [0.05, 0.1) is 23.9 Å². The second-order valence-corrected chi connectivity index (χ2v) is 6.40. The Morgan fingerprint density at radius 3 is 1.59 bits per heavy atom. The van der Waals surface area contributed by atoms with Crippen molar-refractivity contribution in [2.45, 2.75) is 0 Å². The highest BCUT2D eigenvalue weighted by molar-refractivity contribution is 8.00. The zero-order valence-corrected chi connectivity index (χ0v) is 15.5. The van der Waals surface area contributed by atoms with E-state index in [4.69, 9.17) is 0 Å². The van der Waals surface area contributed by atoms with E-state index in [-0.39, 0.29) is 22.6 Å². The van der Waals surface area contributed by atoms with Gasteiger partial charge in [-0.1, -0.05) is 0 Å². The molecule has 11 heteroatoms. The number of nitrogens with zero attached hydrogens (tertiary/aromatic N) is 2. The van der Waals surface area contributed by atoms with Crippen LogP contribution < -0.4 is 10.9 Å². The van der Waals surface area contributed by atoms with Gasteiger partial charge in [-0.05, 0) is 24.3 Å². The Balaban J connectivity index is 1.68. The van der Waals surface area contributed by atoms with Crippen LogP contribution >= 0.6 is 11.8 Å². The molecule has 0 saturated heterocycles. The van der Waals surface area contributed by atoms with Crippen molar-refractivity contribution in [3.63, 3.8) is 0 Å². The van der Waals surface area contributed by atoms with Crippen LogP contribution in [-0.2, 0) is 9.59 Å². The first kappa shape index (κ1) is 22.1. The van der Waals surface area contributed by atoms with Crippen molar-refractivity contribution >= 4 is 36.0 Å². The summed E-state index contributed by atoms with van der Waals surface area (Å²) in [5.74, 6) is -4.43. The molecular weight excluding hydrogens is 412 g/mol. The predicted octanol–water partition coefficient (Wildman–Crippen LogP) is 2.58. The van der Waals surface area contributed by atoms with Gasteiger partial charge >= 0.3 is 0 Å². The van der Waals surface area contributed by atoms with Gasteiger partial charge in [0.1, 0.15) is 23.3 Å². The van der Waals surface area contributed by atoms with Crippen molar-refractivity contribution in [2.24, 2.45) is 10.2 Å². The van der Waals surface area contributed by atoms with Crippen LogP contribution in [0.2, 0.25) is 0 Å². The van der Waals surface area contributed by atoms with Crippen LogP contribution in [0.5, 0.6) is 0 Å². The zero-order chi connectivity index (χ0) is 21.2. The monoisotopic (exact) mass is 426 g/mol. The van der Waals surface area contributed by atoms with Crippen molar-refractivity contribution in [1.29, 1.82) is 0 Å². The lowest BCUT2D eigenvalue weighted by molar-refractivity contribution is -0.118. The second-order valence-electron chi connectivity index (χ2n) is 5.41. The number of amides is 2. The number of thioether (sulfide) groups is 1. The van der Waals surface area contributed by atoms with E-state index in [9.17, 15) is 27.2 Å². The molecule has 0 spiro atoms. The Morgan fingerprint density at radius 2 is 1.21 bits per heavy atom. The Bertz CT molecular complexity index is 878. The summed E-state index contributed by atoms with van der Waals surface area (Å²) in [6.07, 6.45) is 2.04. The van der Waals surface area contributed by atoms with Gasteiger partial charge in [0, 0.05) is 23.3 Å². The first-order valence-corrected chi connectivity index (χ1v) is 9.12. The average molecular weight is 426 g/mol. The van der Waals surface area contributed by atoms with Gasteiger partial charge in [-0.15, -0.1) is 11.8 Å². The Hall–Kier alpha value is -3.21. The Labute approximate surface area is 167 Å². The molecule has 0 fully saturated rings. The SMILES string of the molecule is O=C(CSCC(=O)N/N=C\c1ccc(F)cc1F)N/N=C\c1ccc(F)cc1F. The number of rotatable bonds is 8. The molecule has 2 aromatic carbocycles. The summed E-state index contributed by atoms with van der Waals surface area (Å²) in [5, 5.41) is 7.08. The molecule has 2 N–H and O–H groups in total. The molecule has 0 aliphatic carbocycles. The lowest BCUT2D eigenvalue weighted by atomic mass is 10.2. The number of benzene rings is 2.